The number of nitrogens with zero attached hydrogens (tertiary/aromatic N) is 3. The molecule has 1 aromatic carbocycles. The number of ether oxygens (including phenoxy) is 1. The summed E-state index contributed by atoms with van der Waals surface area (Å²) in [5, 5.41) is 6.42. The molecule has 0 atom stereocenters. The summed E-state index contributed by atoms with van der Waals surface area (Å²) < 4.78 is 5.43. The van der Waals surface area contributed by atoms with Crippen LogP contribution < -0.4 is 5.32 Å². The van der Waals surface area contributed by atoms with Crippen molar-refractivity contribution in [1.82, 2.24) is 20.1 Å². The van der Waals surface area contributed by atoms with E-state index in [9.17, 15) is 4.79 Å². The molecule has 2 saturated heterocycles. The molecule has 0 unspecified atom stereocenters. The van der Waals surface area contributed by atoms with Crippen molar-refractivity contribution in [3.63, 3.8) is 0 Å². The Balaban J connectivity index is 1.20. The highest BCUT2D eigenvalue weighted by Gasteiger charge is 2.25. The summed E-state index contributed by atoms with van der Waals surface area (Å²) in [6.45, 7) is 10.0. The fourth-order valence-corrected chi connectivity index (χ4v) is 4.86. The molecule has 30 heavy (non-hydrogen) atoms. The number of aryl methyl sites for hydroxylation is 1. The minimum absolute atomic E-state index is 0.120. The Hall–Kier alpha value is -1.80. The summed E-state index contributed by atoms with van der Waals surface area (Å²) in [7, 11) is 0. The van der Waals surface area contributed by atoms with Crippen LogP contribution in [-0.2, 0) is 29.2 Å². The van der Waals surface area contributed by atoms with Gasteiger partial charge in [-0.3, -0.25) is 14.6 Å². The van der Waals surface area contributed by atoms with Gasteiger partial charge < -0.3 is 10.1 Å². The van der Waals surface area contributed by atoms with Crippen molar-refractivity contribution in [2.24, 2.45) is 5.92 Å². The van der Waals surface area contributed by atoms with E-state index in [1.807, 2.05) is 6.92 Å². The number of aromatic nitrogens is 1. The summed E-state index contributed by atoms with van der Waals surface area (Å²) in [5.74, 6) is 0.313. The molecular weight excluding hydrogens is 396 g/mol. The van der Waals surface area contributed by atoms with Gasteiger partial charge in [0.2, 0.25) is 5.91 Å². The lowest BCUT2D eigenvalue weighted by atomic mass is 9.95. The smallest absolute Gasteiger partial charge is 0.223 e. The van der Waals surface area contributed by atoms with Gasteiger partial charge in [-0.15, -0.1) is 11.3 Å². The number of hydrogen-bond donors (Lipinski definition) is 1. The Morgan fingerprint density at radius 3 is 2.60 bits per heavy atom. The molecule has 1 amide bonds. The third kappa shape index (κ3) is 6.11. The second-order valence-corrected chi connectivity index (χ2v) is 9.40. The molecular formula is C23H32N4O2S. The van der Waals surface area contributed by atoms with Gasteiger partial charge in [0.05, 0.1) is 23.9 Å². The lowest BCUT2D eigenvalue weighted by Crippen LogP contribution is -2.40. The Kier molecular flexibility index (Phi) is 7.49. The molecule has 0 spiro atoms. The summed E-state index contributed by atoms with van der Waals surface area (Å²) in [5.41, 5.74) is 3.62. The topological polar surface area (TPSA) is 57.7 Å². The fourth-order valence-electron chi connectivity index (χ4n) is 4.25. The monoisotopic (exact) mass is 428 g/mol. The van der Waals surface area contributed by atoms with E-state index in [1.54, 1.807) is 11.3 Å². The number of amides is 1. The Morgan fingerprint density at radius 1 is 1.13 bits per heavy atom. The predicted octanol–water partition coefficient (Wildman–Crippen LogP) is 2.81. The van der Waals surface area contributed by atoms with Crippen LogP contribution in [0.25, 0.3) is 0 Å². The molecule has 1 aromatic heterocycles. The number of benzene rings is 1. The molecule has 0 aliphatic carbocycles. The number of piperidine rings is 1. The number of morpholine rings is 1. The van der Waals surface area contributed by atoms with Crippen LogP contribution in [0.3, 0.4) is 0 Å². The minimum Gasteiger partial charge on any atom is -0.379 e. The van der Waals surface area contributed by atoms with Crippen LogP contribution in [0, 0.1) is 12.8 Å². The molecule has 2 aliphatic rings. The van der Waals surface area contributed by atoms with Gasteiger partial charge in [-0.05, 0) is 44.0 Å². The molecule has 0 bridgehead atoms. The van der Waals surface area contributed by atoms with Gasteiger partial charge in [-0.1, -0.05) is 24.3 Å². The number of likely N-dealkylation sites (tertiary alicyclic amines) is 1. The minimum atomic E-state index is 0.120. The predicted molar refractivity (Wildman–Crippen MR) is 119 cm³/mol. The molecule has 0 saturated carbocycles. The number of nitrogens with one attached hydrogen (secondary N) is 1. The van der Waals surface area contributed by atoms with Crippen LogP contribution in [0.2, 0.25) is 0 Å². The summed E-state index contributed by atoms with van der Waals surface area (Å²) in [4.78, 5) is 22.1. The van der Waals surface area contributed by atoms with Crippen LogP contribution in [-0.4, -0.2) is 60.1 Å². The first-order chi connectivity index (χ1) is 14.7. The number of thiazole rings is 1. The first-order valence-electron chi connectivity index (χ1n) is 10.9. The van der Waals surface area contributed by atoms with E-state index in [2.05, 4.69) is 49.7 Å². The molecule has 0 radical (unpaired) electrons. The zero-order valence-electron chi connectivity index (χ0n) is 17.8. The SMILES string of the molecule is Cc1nc(CN2CCC(C(=O)NCc3cccc(CN4CCOCC4)c3)CC2)cs1. The molecule has 2 aliphatic heterocycles. The lowest BCUT2D eigenvalue weighted by Gasteiger charge is -2.30. The summed E-state index contributed by atoms with van der Waals surface area (Å²) in [6.07, 6.45) is 1.85. The van der Waals surface area contributed by atoms with Crippen LogP contribution >= 0.6 is 11.3 Å². The van der Waals surface area contributed by atoms with E-state index in [0.29, 0.717) is 6.54 Å². The fraction of sp³-hybridized carbons (Fsp3) is 0.565. The van der Waals surface area contributed by atoms with Crippen molar-refractivity contribution in [2.75, 3.05) is 39.4 Å². The molecule has 6 nitrogen and oxygen atoms in total. The highest BCUT2D eigenvalue weighted by atomic mass is 32.1. The van der Waals surface area contributed by atoms with Crippen molar-refractivity contribution < 1.29 is 9.53 Å². The van der Waals surface area contributed by atoms with E-state index in [4.69, 9.17) is 4.74 Å². The number of carbonyl (C=O) groups excluding carboxylic acids is 1. The third-order valence-electron chi connectivity index (χ3n) is 5.98. The first-order valence-corrected chi connectivity index (χ1v) is 11.8. The van der Waals surface area contributed by atoms with Gasteiger partial charge >= 0.3 is 0 Å². The normalized spacial score (nSPS) is 19.1. The first kappa shape index (κ1) is 21.4. The number of rotatable bonds is 7. The van der Waals surface area contributed by atoms with Crippen molar-refractivity contribution in [2.45, 2.75) is 39.4 Å². The molecule has 3 heterocycles. The maximum Gasteiger partial charge on any atom is 0.223 e. The lowest BCUT2D eigenvalue weighted by molar-refractivity contribution is -0.126. The Labute approximate surface area is 183 Å². The van der Waals surface area contributed by atoms with E-state index in [1.165, 1.54) is 11.1 Å². The third-order valence-corrected chi connectivity index (χ3v) is 6.80. The van der Waals surface area contributed by atoms with Crippen molar-refractivity contribution in [1.29, 1.82) is 0 Å². The van der Waals surface area contributed by atoms with E-state index in [0.717, 1.165) is 76.0 Å². The molecule has 7 heteroatoms. The standard InChI is InChI=1S/C23H32N4O2S/c1-18-25-22(17-30-18)16-26-7-5-21(6-8-26)23(28)24-14-19-3-2-4-20(13-19)15-27-9-11-29-12-10-27/h2-4,13,17,21H,5-12,14-16H2,1H3,(H,24,28). The van der Waals surface area contributed by atoms with Crippen LogP contribution in [0.4, 0.5) is 0 Å². The van der Waals surface area contributed by atoms with E-state index >= 15 is 0 Å². The van der Waals surface area contributed by atoms with Crippen molar-refractivity contribution in [3.05, 3.63) is 51.5 Å². The van der Waals surface area contributed by atoms with Crippen molar-refractivity contribution in [3.8, 4) is 0 Å². The van der Waals surface area contributed by atoms with Gasteiger partial charge in [-0.2, -0.15) is 0 Å². The molecule has 162 valence electrons. The van der Waals surface area contributed by atoms with Crippen LogP contribution in [0.15, 0.2) is 29.6 Å². The zero-order valence-corrected chi connectivity index (χ0v) is 18.6. The number of hydrogen-bond acceptors (Lipinski definition) is 6. The second kappa shape index (κ2) is 10.5. The van der Waals surface area contributed by atoms with E-state index in [-0.39, 0.29) is 11.8 Å². The molecule has 2 aromatic rings. The van der Waals surface area contributed by atoms with Gasteiger partial charge in [0.25, 0.3) is 0 Å². The molecule has 4 rings (SSSR count). The van der Waals surface area contributed by atoms with Gasteiger partial charge in [0, 0.05) is 44.0 Å². The van der Waals surface area contributed by atoms with Gasteiger partial charge in [0.15, 0.2) is 0 Å². The average molecular weight is 429 g/mol. The van der Waals surface area contributed by atoms with Crippen LogP contribution in [0.5, 0.6) is 0 Å². The maximum absolute atomic E-state index is 12.7. The highest BCUT2D eigenvalue weighted by Crippen LogP contribution is 2.20. The Morgan fingerprint density at radius 2 is 1.87 bits per heavy atom. The van der Waals surface area contributed by atoms with Crippen molar-refractivity contribution >= 4 is 17.2 Å². The highest BCUT2D eigenvalue weighted by molar-refractivity contribution is 7.09. The summed E-state index contributed by atoms with van der Waals surface area (Å²) in [6, 6.07) is 8.58. The van der Waals surface area contributed by atoms with Gasteiger partial charge in [0.1, 0.15) is 0 Å². The maximum atomic E-state index is 12.7. The Bertz CT molecular complexity index is 826. The summed E-state index contributed by atoms with van der Waals surface area (Å²) >= 11 is 1.70. The largest absolute Gasteiger partial charge is 0.379 e. The second-order valence-electron chi connectivity index (χ2n) is 8.33. The molecule has 1 N–H and O–H groups in total. The quantitative estimate of drug-likeness (QED) is 0.735. The van der Waals surface area contributed by atoms with Crippen LogP contribution in [0.1, 0.15) is 34.7 Å². The average Bonchev–Trinajstić information content (AvgIpc) is 3.18. The molecule has 2 fully saturated rings. The number of carbonyl (C=O) groups is 1. The van der Waals surface area contributed by atoms with Gasteiger partial charge in [-0.25, -0.2) is 4.98 Å². The zero-order chi connectivity index (χ0) is 20.8. The van der Waals surface area contributed by atoms with E-state index < -0.39 is 0 Å².